The van der Waals surface area contributed by atoms with E-state index in [0.29, 0.717) is 11.6 Å². The Bertz CT molecular complexity index is 785. The molecule has 1 atom stereocenters. The minimum atomic E-state index is -0.406. The van der Waals surface area contributed by atoms with Crippen LogP contribution in [0.25, 0.3) is 0 Å². The summed E-state index contributed by atoms with van der Waals surface area (Å²) < 4.78 is 14.3. The Morgan fingerprint density at radius 1 is 1.11 bits per heavy atom. The zero-order chi connectivity index (χ0) is 18.6. The summed E-state index contributed by atoms with van der Waals surface area (Å²) in [4.78, 5) is 23.5. The highest BCUT2D eigenvalue weighted by atomic mass is 19.1. The molecule has 4 rings (SSSR count). The molecule has 0 radical (unpaired) electrons. The molecule has 5 nitrogen and oxygen atoms in total. The Morgan fingerprint density at radius 3 is 2.52 bits per heavy atom. The van der Waals surface area contributed by atoms with E-state index in [-0.39, 0.29) is 24.2 Å². The molecule has 1 amide bonds. The number of nitrogens with one attached hydrogen (secondary N) is 1. The topological polar surface area (TPSA) is 58.1 Å². The molecule has 2 fully saturated rings. The van der Waals surface area contributed by atoms with Crippen molar-refractivity contribution >= 4 is 11.6 Å². The van der Waals surface area contributed by atoms with Gasteiger partial charge in [-0.15, -0.1) is 0 Å². The van der Waals surface area contributed by atoms with Crippen LogP contribution in [0.3, 0.4) is 0 Å². The van der Waals surface area contributed by atoms with Gasteiger partial charge >= 0.3 is 0 Å². The maximum Gasteiger partial charge on any atom is 0.244 e. The highest BCUT2D eigenvalue weighted by Crippen LogP contribution is 2.31. The predicted molar refractivity (Wildman–Crippen MR) is 102 cm³/mol. The van der Waals surface area contributed by atoms with Gasteiger partial charge in [-0.2, -0.15) is 0 Å². The summed E-state index contributed by atoms with van der Waals surface area (Å²) >= 11 is 0. The van der Waals surface area contributed by atoms with Crippen LogP contribution < -0.4 is 10.2 Å². The zero-order valence-corrected chi connectivity index (χ0v) is 15.4. The quantitative estimate of drug-likeness (QED) is 0.877. The number of nitrogens with zero attached hydrogens (tertiary/aromatic N) is 3. The minimum Gasteiger partial charge on any atom is -0.306 e. The van der Waals surface area contributed by atoms with Gasteiger partial charge in [0.05, 0.1) is 35.9 Å². The van der Waals surface area contributed by atoms with Crippen molar-refractivity contribution < 1.29 is 9.18 Å². The number of hydrogen-bond donors (Lipinski definition) is 1. The third kappa shape index (κ3) is 4.00. The smallest absolute Gasteiger partial charge is 0.244 e. The number of aromatic nitrogens is 2. The molecule has 1 N–H and O–H groups in total. The van der Waals surface area contributed by atoms with E-state index in [9.17, 15) is 9.18 Å². The van der Waals surface area contributed by atoms with E-state index in [4.69, 9.17) is 0 Å². The summed E-state index contributed by atoms with van der Waals surface area (Å²) in [7, 11) is 0. The van der Waals surface area contributed by atoms with Gasteiger partial charge in [0.1, 0.15) is 5.82 Å². The molecule has 2 heterocycles. The van der Waals surface area contributed by atoms with Crippen molar-refractivity contribution in [3.05, 3.63) is 53.9 Å². The summed E-state index contributed by atoms with van der Waals surface area (Å²) in [6, 6.07) is 6.13. The fourth-order valence-corrected chi connectivity index (χ4v) is 3.86. The summed E-state index contributed by atoms with van der Waals surface area (Å²) in [6.45, 7) is 1.04. The first-order valence-electron chi connectivity index (χ1n) is 9.82. The van der Waals surface area contributed by atoms with Crippen molar-refractivity contribution in [1.29, 1.82) is 0 Å². The Hall–Kier alpha value is -2.34. The van der Waals surface area contributed by atoms with Gasteiger partial charge in [0, 0.05) is 12.1 Å². The molecule has 1 aromatic carbocycles. The second-order valence-electron chi connectivity index (χ2n) is 7.44. The van der Waals surface area contributed by atoms with Gasteiger partial charge in [-0.05, 0) is 37.9 Å². The molecule has 2 aliphatic rings. The molecule has 1 unspecified atom stereocenters. The lowest BCUT2D eigenvalue weighted by molar-refractivity contribution is -0.122. The van der Waals surface area contributed by atoms with Crippen LogP contribution in [0.1, 0.15) is 55.8 Å². The molecule has 0 spiro atoms. The molecular weight excluding hydrogens is 343 g/mol. The van der Waals surface area contributed by atoms with Crippen LogP contribution in [0, 0.1) is 5.82 Å². The Balaban J connectivity index is 1.54. The van der Waals surface area contributed by atoms with E-state index in [1.54, 1.807) is 24.4 Å². The molecule has 1 aliphatic carbocycles. The van der Waals surface area contributed by atoms with Crippen LogP contribution in [0.2, 0.25) is 0 Å². The fourth-order valence-electron chi connectivity index (χ4n) is 3.86. The molecule has 1 aromatic heterocycles. The van der Waals surface area contributed by atoms with Crippen molar-refractivity contribution in [2.45, 2.75) is 57.0 Å². The van der Waals surface area contributed by atoms with Crippen LogP contribution in [0.15, 0.2) is 36.7 Å². The zero-order valence-electron chi connectivity index (χ0n) is 15.4. The van der Waals surface area contributed by atoms with Crippen LogP contribution in [0.5, 0.6) is 0 Å². The van der Waals surface area contributed by atoms with Crippen molar-refractivity contribution in [1.82, 2.24) is 15.3 Å². The molecule has 142 valence electrons. The number of para-hydroxylation sites is 1. The number of rotatable bonds is 5. The lowest BCUT2D eigenvalue weighted by atomic mass is 9.87. The standard InChI is InChI=1S/C21H25FN4O/c22-17-8-4-5-9-20(17)26(21(27)18-10-11-23-18)14-16-12-25-19(13-24-16)15-6-2-1-3-7-15/h4-5,8-9,12-13,15,18,23H,1-3,6-7,10-11,14H2. The van der Waals surface area contributed by atoms with Gasteiger partial charge in [0.25, 0.3) is 0 Å². The van der Waals surface area contributed by atoms with Gasteiger partial charge in [0.15, 0.2) is 0 Å². The van der Waals surface area contributed by atoms with Crippen molar-refractivity contribution in [3.8, 4) is 0 Å². The van der Waals surface area contributed by atoms with Crippen LogP contribution in [-0.2, 0) is 11.3 Å². The third-order valence-electron chi connectivity index (χ3n) is 5.60. The number of anilines is 1. The second kappa shape index (κ2) is 8.13. The Morgan fingerprint density at radius 2 is 1.89 bits per heavy atom. The second-order valence-corrected chi connectivity index (χ2v) is 7.44. The summed E-state index contributed by atoms with van der Waals surface area (Å²) in [5, 5.41) is 3.10. The lowest BCUT2D eigenvalue weighted by Gasteiger charge is -2.32. The molecule has 6 heteroatoms. The molecule has 2 aromatic rings. The van der Waals surface area contributed by atoms with Gasteiger partial charge in [-0.1, -0.05) is 31.4 Å². The van der Waals surface area contributed by atoms with Gasteiger partial charge in [0.2, 0.25) is 5.91 Å². The average molecular weight is 368 g/mol. The van der Waals surface area contributed by atoms with E-state index in [1.807, 2.05) is 6.20 Å². The average Bonchev–Trinajstić information content (AvgIpc) is 2.66. The predicted octanol–water partition coefficient (Wildman–Crippen LogP) is 3.56. The van der Waals surface area contributed by atoms with E-state index in [2.05, 4.69) is 15.3 Å². The lowest BCUT2D eigenvalue weighted by Crippen LogP contribution is -2.54. The number of hydrogen-bond acceptors (Lipinski definition) is 4. The summed E-state index contributed by atoms with van der Waals surface area (Å²) in [5.74, 6) is -0.0368. The first-order valence-corrected chi connectivity index (χ1v) is 9.82. The molecule has 1 aliphatic heterocycles. The number of amides is 1. The van der Waals surface area contributed by atoms with Crippen LogP contribution in [0.4, 0.5) is 10.1 Å². The van der Waals surface area contributed by atoms with Crippen molar-refractivity contribution in [2.75, 3.05) is 11.4 Å². The fraction of sp³-hybridized carbons (Fsp3) is 0.476. The van der Waals surface area contributed by atoms with E-state index in [1.165, 1.54) is 43.1 Å². The maximum absolute atomic E-state index is 14.3. The summed E-state index contributed by atoms with van der Waals surface area (Å²) in [6.07, 6.45) is 10.5. The first kappa shape index (κ1) is 18.0. The maximum atomic E-state index is 14.3. The summed E-state index contributed by atoms with van der Waals surface area (Å²) in [5.41, 5.74) is 1.99. The highest BCUT2D eigenvalue weighted by molar-refractivity contribution is 5.97. The molecule has 0 bridgehead atoms. The number of carbonyl (C=O) groups is 1. The molecule has 1 saturated carbocycles. The minimum absolute atomic E-state index is 0.121. The first-order chi connectivity index (χ1) is 13.2. The number of halogens is 1. The van der Waals surface area contributed by atoms with E-state index in [0.717, 1.165) is 18.7 Å². The number of carbonyl (C=O) groups excluding carboxylic acids is 1. The Kier molecular flexibility index (Phi) is 5.43. The third-order valence-corrected chi connectivity index (χ3v) is 5.60. The van der Waals surface area contributed by atoms with Crippen LogP contribution in [-0.4, -0.2) is 28.5 Å². The molecular formula is C21H25FN4O. The van der Waals surface area contributed by atoms with Crippen LogP contribution >= 0.6 is 0 Å². The number of benzene rings is 1. The van der Waals surface area contributed by atoms with Gasteiger partial charge in [-0.25, -0.2) is 4.39 Å². The largest absolute Gasteiger partial charge is 0.306 e. The van der Waals surface area contributed by atoms with Crippen molar-refractivity contribution in [3.63, 3.8) is 0 Å². The SMILES string of the molecule is O=C(C1CCN1)N(Cc1cnc(C2CCCCC2)cn1)c1ccccc1F. The normalized spacial score (nSPS) is 20.1. The molecule has 1 saturated heterocycles. The monoisotopic (exact) mass is 368 g/mol. The van der Waals surface area contributed by atoms with Gasteiger partial charge < -0.3 is 10.2 Å². The van der Waals surface area contributed by atoms with Gasteiger partial charge in [-0.3, -0.25) is 14.8 Å². The van der Waals surface area contributed by atoms with E-state index < -0.39 is 5.82 Å². The van der Waals surface area contributed by atoms with E-state index >= 15 is 0 Å². The highest BCUT2D eigenvalue weighted by Gasteiger charge is 2.31. The molecule has 27 heavy (non-hydrogen) atoms. The Labute approximate surface area is 159 Å². The van der Waals surface area contributed by atoms with Crippen molar-refractivity contribution in [2.24, 2.45) is 0 Å².